The number of anilines is 1. The number of hydrogen-bond donors (Lipinski definition) is 0. The molecule has 2 aliphatic heterocycles. The molecule has 0 bridgehead atoms. The Morgan fingerprint density at radius 2 is 1.88 bits per heavy atom. The number of carbonyl (C=O) groups excluding carboxylic acids is 2. The minimum Gasteiger partial charge on any atom is -0.337 e. The monoisotopic (exact) mass is 350 g/mol. The number of carbonyl (C=O) groups is 2. The van der Waals surface area contributed by atoms with Gasteiger partial charge in [0, 0.05) is 31.5 Å². The molecule has 0 N–H and O–H groups in total. The van der Waals surface area contributed by atoms with Crippen LogP contribution < -0.4 is 4.90 Å². The highest BCUT2D eigenvalue weighted by atomic mass is 16.2. The molecule has 1 saturated heterocycles. The fourth-order valence-electron chi connectivity index (χ4n) is 4.15. The quantitative estimate of drug-likeness (QED) is 0.834. The first-order valence-corrected chi connectivity index (χ1v) is 9.06. The summed E-state index contributed by atoms with van der Waals surface area (Å²) in [6.45, 7) is 5.61. The lowest BCUT2D eigenvalue weighted by Gasteiger charge is -2.38. The van der Waals surface area contributed by atoms with Crippen LogP contribution in [0.4, 0.5) is 5.69 Å². The molecule has 4 rings (SSSR count). The maximum Gasteiger partial charge on any atom is 0.274 e. The average Bonchev–Trinajstić information content (AvgIpc) is 2.91. The Hall–Kier alpha value is -2.76. The lowest BCUT2D eigenvalue weighted by molar-refractivity contribution is -0.124. The Labute approximate surface area is 152 Å². The minimum atomic E-state index is -0.498. The summed E-state index contributed by atoms with van der Waals surface area (Å²) >= 11 is 0. The molecule has 6 nitrogen and oxygen atoms in total. The molecular formula is C20H22N4O2. The van der Waals surface area contributed by atoms with E-state index < -0.39 is 5.41 Å². The first kappa shape index (κ1) is 16.7. The molecule has 3 heterocycles. The molecule has 134 valence electrons. The van der Waals surface area contributed by atoms with E-state index in [1.807, 2.05) is 36.9 Å². The molecule has 2 amide bonds. The second-order valence-electron chi connectivity index (χ2n) is 6.98. The van der Waals surface area contributed by atoms with E-state index in [1.54, 1.807) is 11.1 Å². The van der Waals surface area contributed by atoms with Gasteiger partial charge in [0.25, 0.3) is 5.91 Å². The number of rotatable bonds is 2. The van der Waals surface area contributed by atoms with Gasteiger partial charge in [-0.05, 0) is 38.3 Å². The van der Waals surface area contributed by atoms with Gasteiger partial charge in [0.2, 0.25) is 5.91 Å². The second kappa shape index (κ2) is 6.20. The van der Waals surface area contributed by atoms with Crippen LogP contribution in [-0.4, -0.2) is 46.3 Å². The predicted octanol–water partition coefficient (Wildman–Crippen LogP) is 2.33. The second-order valence-corrected chi connectivity index (χ2v) is 6.98. The highest BCUT2D eigenvalue weighted by Crippen LogP contribution is 2.47. The fourth-order valence-corrected chi connectivity index (χ4v) is 4.15. The van der Waals surface area contributed by atoms with Crippen LogP contribution in [0.5, 0.6) is 0 Å². The van der Waals surface area contributed by atoms with Crippen LogP contribution in [0.2, 0.25) is 0 Å². The van der Waals surface area contributed by atoms with Gasteiger partial charge in [-0.25, -0.2) is 4.98 Å². The van der Waals surface area contributed by atoms with E-state index in [2.05, 4.69) is 16.0 Å². The van der Waals surface area contributed by atoms with E-state index in [9.17, 15) is 9.59 Å². The Kier molecular flexibility index (Phi) is 3.98. The first-order chi connectivity index (χ1) is 12.6. The summed E-state index contributed by atoms with van der Waals surface area (Å²) in [5.74, 6) is 0.0573. The molecule has 1 aromatic carbocycles. The molecule has 0 atom stereocenters. The van der Waals surface area contributed by atoms with Crippen LogP contribution in [0.25, 0.3) is 0 Å². The number of likely N-dealkylation sites (N-methyl/N-ethyl adjacent to an activating group) is 1. The van der Waals surface area contributed by atoms with Gasteiger partial charge in [0.15, 0.2) is 0 Å². The van der Waals surface area contributed by atoms with Gasteiger partial charge in [-0.15, -0.1) is 0 Å². The number of aryl methyl sites for hydroxylation is 1. The summed E-state index contributed by atoms with van der Waals surface area (Å²) in [6, 6.07) is 8.05. The zero-order valence-electron chi connectivity index (χ0n) is 15.1. The van der Waals surface area contributed by atoms with Gasteiger partial charge in [-0.3, -0.25) is 14.6 Å². The molecule has 0 aliphatic carbocycles. The van der Waals surface area contributed by atoms with Crippen molar-refractivity contribution in [1.29, 1.82) is 0 Å². The van der Waals surface area contributed by atoms with Gasteiger partial charge in [0.05, 0.1) is 17.3 Å². The molecule has 0 saturated carbocycles. The Morgan fingerprint density at radius 1 is 1.15 bits per heavy atom. The Morgan fingerprint density at radius 3 is 2.54 bits per heavy atom. The predicted molar refractivity (Wildman–Crippen MR) is 98.1 cm³/mol. The highest BCUT2D eigenvalue weighted by molar-refractivity contribution is 6.08. The van der Waals surface area contributed by atoms with Crippen LogP contribution >= 0.6 is 0 Å². The van der Waals surface area contributed by atoms with Crippen molar-refractivity contribution in [3.8, 4) is 0 Å². The summed E-state index contributed by atoms with van der Waals surface area (Å²) in [4.78, 5) is 37.9. The third kappa shape index (κ3) is 2.40. The summed E-state index contributed by atoms with van der Waals surface area (Å²) in [5, 5.41) is 0. The summed E-state index contributed by atoms with van der Waals surface area (Å²) < 4.78 is 0. The number of benzene rings is 1. The van der Waals surface area contributed by atoms with Crippen molar-refractivity contribution in [1.82, 2.24) is 14.9 Å². The molecule has 0 unspecified atom stereocenters. The Balaban J connectivity index is 1.57. The first-order valence-electron chi connectivity index (χ1n) is 9.06. The highest BCUT2D eigenvalue weighted by Gasteiger charge is 2.51. The van der Waals surface area contributed by atoms with Crippen molar-refractivity contribution in [2.24, 2.45) is 0 Å². The number of hydrogen-bond acceptors (Lipinski definition) is 4. The molecule has 26 heavy (non-hydrogen) atoms. The minimum absolute atomic E-state index is 0.113. The number of likely N-dealkylation sites (tertiary alicyclic amines) is 1. The van der Waals surface area contributed by atoms with Crippen molar-refractivity contribution in [3.63, 3.8) is 0 Å². The number of nitrogens with zero attached hydrogens (tertiary/aromatic N) is 4. The maximum atomic E-state index is 13.2. The average molecular weight is 350 g/mol. The maximum absolute atomic E-state index is 13.2. The van der Waals surface area contributed by atoms with Gasteiger partial charge in [-0.1, -0.05) is 18.2 Å². The molecule has 6 heteroatoms. The van der Waals surface area contributed by atoms with Crippen LogP contribution in [0.15, 0.2) is 36.7 Å². The lowest BCUT2D eigenvalue weighted by atomic mass is 9.73. The van der Waals surface area contributed by atoms with Crippen LogP contribution in [0.3, 0.4) is 0 Å². The van der Waals surface area contributed by atoms with E-state index in [0.717, 1.165) is 16.9 Å². The summed E-state index contributed by atoms with van der Waals surface area (Å²) in [7, 11) is 0. The van der Waals surface area contributed by atoms with Gasteiger partial charge < -0.3 is 9.80 Å². The molecule has 1 spiro atoms. The van der Waals surface area contributed by atoms with E-state index in [4.69, 9.17) is 0 Å². The molecule has 2 aliphatic rings. The van der Waals surface area contributed by atoms with Crippen molar-refractivity contribution >= 4 is 17.5 Å². The molecular weight excluding hydrogens is 328 g/mol. The third-order valence-corrected chi connectivity index (χ3v) is 5.59. The van der Waals surface area contributed by atoms with E-state index in [-0.39, 0.29) is 11.8 Å². The lowest BCUT2D eigenvalue weighted by Crippen LogP contribution is -2.50. The zero-order valence-corrected chi connectivity index (χ0v) is 15.1. The molecule has 1 aromatic heterocycles. The third-order valence-electron chi connectivity index (χ3n) is 5.59. The topological polar surface area (TPSA) is 66.4 Å². The number of piperidine rings is 1. The largest absolute Gasteiger partial charge is 0.337 e. The number of amides is 2. The molecule has 2 aromatic rings. The molecule has 0 radical (unpaired) electrons. The van der Waals surface area contributed by atoms with Crippen LogP contribution in [0.1, 0.15) is 41.5 Å². The van der Waals surface area contributed by atoms with E-state index in [1.165, 1.54) is 6.20 Å². The fraction of sp³-hybridized carbons (Fsp3) is 0.400. The van der Waals surface area contributed by atoms with Gasteiger partial charge in [-0.2, -0.15) is 0 Å². The van der Waals surface area contributed by atoms with Crippen LogP contribution in [-0.2, 0) is 10.2 Å². The SMILES string of the molecule is CCN1C(=O)C2(CCN(C(=O)c3cnc(C)cn3)CC2)c2ccccc21. The van der Waals surface area contributed by atoms with Gasteiger partial charge >= 0.3 is 0 Å². The van der Waals surface area contributed by atoms with Crippen LogP contribution in [0, 0.1) is 6.92 Å². The zero-order chi connectivity index (χ0) is 18.3. The molecule has 1 fully saturated rings. The van der Waals surface area contributed by atoms with E-state index in [0.29, 0.717) is 38.2 Å². The Bertz CT molecular complexity index is 854. The van der Waals surface area contributed by atoms with Crippen molar-refractivity contribution in [2.45, 2.75) is 32.1 Å². The summed E-state index contributed by atoms with van der Waals surface area (Å²) in [5.41, 5.74) is 2.77. The smallest absolute Gasteiger partial charge is 0.274 e. The van der Waals surface area contributed by atoms with Crippen molar-refractivity contribution < 1.29 is 9.59 Å². The number of para-hydroxylation sites is 1. The number of aromatic nitrogens is 2. The van der Waals surface area contributed by atoms with Crippen molar-refractivity contribution in [3.05, 3.63) is 53.6 Å². The van der Waals surface area contributed by atoms with E-state index >= 15 is 0 Å². The normalized spacial score (nSPS) is 18.3. The number of fused-ring (bicyclic) bond motifs is 2. The standard InChI is InChI=1S/C20H22N4O2/c1-3-24-17-7-5-4-6-15(17)20(19(24)26)8-10-23(11-9-20)18(25)16-13-21-14(2)12-22-16/h4-7,12-13H,3,8-11H2,1-2H3. The van der Waals surface area contributed by atoms with Gasteiger partial charge in [0.1, 0.15) is 5.69 Å². The summed E-state index contributed by atoms with van der Waals surface area (Å²) in [6.07, 6.45) is 4.42. The van der Waals surface area contributed by atoms with Crippen molar-refractivity contribution in [2.75, 3.05) is 24.5 Å².